The maximum atomic E-state index is 11.0. The summed E-state index contributed by atoms with van der Waals surface area (Å²) in [6.45, 7) is 1.54. The van der Waals surface area contributed by atoms with Gasteiger partial charge in [0.2, 0.25) is 0 Å². The molecule has 3 saturated carbocycles. The Morgan fingerprint density at radius 2 is 2.00 bits per heavy atom. The molecule has 3 aliphatic rings. The SMILES string of the molecule is CC(=O)O[C@@H]1C[C@@H]2C[C@@H]3CC[C@H]1[C@@H]3C2. The Morgan fingerprint density at radius 1 is 1.14 bits per heavy atom. The molecule has 14 heavy (non-hydrogen) atoms. The van der Waals surface area contributed by atoms with Crippen LogP contribution in [0.4, 0.5) is 0 Å². The first-order valence-corrected chi connectivity index (χ1v) is 5.91. The predicted octanol–water partition coefficient (Wildman–Crippen LogP) is 2.37. The van der Waals surface area contributed by atoms with E-state index in [4.69, 9.17) is 4.74 Å². The van der Waals surface area contributed by atoms with E-state index in [0.717, 1.165) is 24.2 Å². The molecule has 0 aliphatic heterocycles. The van der Waals surface area contributed by atoms with Gasteiger partial charge < -0.3 is 4.74 Å². The van der Waals surface area contributed by atoms with Gasteiger partial charge >= 0.3 is 5.97 Å². The molecule has 2 heteroatoms. The smallest absolute Gasteiger partial charge is 0.302 e. The van der Waals surface area contributed by atoms with Crippen molar-refractivity contribution in [2.24, 2.45) is 23.7 Å². The van der Waals surface area contributed by atoms with Gasteiger partial charge in [0.1, 0.15) is 6.10 Å². The first kappa shape index (κ1) is 8.75. The Labute approximate surface area is 85.0 Å². The number of rotatable bonds is 1. The van der Waals surface area contributed by atoms with E-state index in [9.17, 15) is 4.79 Å². The highest BCUT2D eigenvalue weighted by molar-refractivity contribution is 5.66. The fourth-order valence-corrected chi connectivity index (χ4v) is 4.26. The molecular weight excluding hydrogens is 176 g/mol. The molecule has 3 rings (SSSR count). The van der Waals surface area contributed by atoms with Crippen LogP contribution in [0.5, 0.6) is 0 Å². The van der Waals surface area contributed by atoms with Crippen molar-refractivity contribution in [3.05, 3.63) is 0 Å². The molecule has 2 bridgehead atoms. The van der Waals surface area contributed by atoms with Crippen molar-refractivity contribution in [3.8, 4) is 0 Å². The van der Waals surface area contributed by atoms with E-state index in [1.165, 1.54) is 25.7 Å². The van der Waals surface area contributed by atoms with E-state index in [1.807, 2.05) is 0 Å². The zero-order chi connectivity index (χ0) is 9.71. The number of fused-ring (bicyclic) bond motifs is 1. The second kappa shape index (κ2) is 2.98. The third-order valence-electron chi connectivity index (χ3n) is 4.63. The van der Waals surface area contributed by atoms with Crippen LogP contribution in [0.15, 0.2) is 0 Å². The first-order chi connectivity index (χ1) is 6.74. The molecule has 0 radical (unpaired) electrons. The third-order valence-corrected chi connectivity index (χ3v) is 4.63. The average Bonchev–Trinajstić information content (AvgIpc) is 2.56. The van der Waals surface area contributed by atoms with Crippen molar-refractivity contribution in [1.82, 2.24) is 0 Å². The number of carbonyl (C=O) groups is 1. The van der Waals surface area contributed by atoms with E-state index in [0.29, 0.717) is 5.92 Å². The van der Waals surface area contributed by atoms with E-state index in [1.54, 1.807) is 6.92 Å². The maximum Gasteiger partial charge on any atom is 0.302 e. The van der Waals surface area contributed by atoms with Crippen LogP contribution in [0.1, 0.15) is 39.0 Å². The minimum atomic E-state index is -0.0836. The molecule has 78 valence electrons. The van der Waals surface area contributed by atoms with Gasteiger partial charge in [-0.15, -0.1) is 0 Å². The zero-order valence-corrected chi connectivity index (χ0v) is 8.74. The van der Waals surface area contributed by atoms with Gasteiger partial charge in [-0.3, -0.25) is 4.79 Å². The summed E-state index contributed by atoms with van der Waals surface area (Å²) < 4.78 is 5.46. The second-order valence-corrected chi connectivity index (χ2v) is 5.39. The average molecular weight is 194 g/mol. The topological polar surface area (TPSA) is 26.3 Å². The lowest BCUT2D eigenvalue weighted by atomic mass is 9.78. The summed E-state index contributed by atoms with van der Waals surface area (Å²) in [5, 5.41) is 0. The highest BCUT2D eigenvalue weighted by Gasteiger charge is 2.51. The fraction of sp³-hybridized carbons (Fsp3) is 0.917. The molecule has 3 fully saturated rings. The number of carbonyl (C=O) groups excluding carboxylic acids is 1. The van der Waals surface area contributed by atoms with Gasteiger partial charge in [0.25, 0.3) is 0 Å². The quantitative estimate of drug-likeness (QED) is 0.599. The number of esters is 1. The maximum absolute atomic E-state index is 11.0. The molecule has 0 N–H and O–H groups in total. The van der Waals surface area contributed by atoms with Crippen molar-refractivity contribution in [2.45, 2.75) is 45.1 Å². The third kappa shape index (κ3) is 1.19. The van der Waals surface area contributed by atoms with Crippen LogP contribution in [0.2, 0.25) is 0 Å². The lowest BCUT2D eigenvalue weighted by Gasteiger charge is -2.33. The minimum Gasteiger partial charge on any atom is -0.462 e. The normalized spacial score (nSPS) is 49.4. The Hall–Kier alpha value is -0.530. The summed E-state index contributed by atoms with van der Waals surface area (Å²) in [5.74, 6) is 3.37. The van der Waals surface area contributed by atoms with Gasteiger partial charge in [-0.1, -0.05) is 0 Å². The summed E-state index contributed by atoms with van der Waals surface area (Å²) in [7, 11) is 0. The number of ether oxygens (including phenoxy) is 1. The van der Waals surface area contributed by atoms with Gasteiger partial charge in [-0.05, 0) is 55.8 Å². The van der Waals surface area contributed by atoms with Crippen molar-refractivity contribution in [1.29, 1.82) is 0 Å². The van der Waals surface area contributed by atoms with E-state index in [-0.39, 0.29) is 12.1 Å². The van der Waals surface area contributed by atoms with Crippen LogP contribution in [0, 0.1) is 23.7 Å². The molecule has 5 atom stereocenters. The molecule has 0 saturated heterocycles. The minimum absolute atomic E-state index is 0.0836. The summed E-state index contributed by atoms with van der Waals surface area (Å²) in [5.41, 5.74) is 0. The second-order valence-electron chi connectivity index (χ2n) is 5.39. The van der Waals surface area contributed by atoms with Gasteiger partial charge in [0, 0.05) is 6.92 Å². The van der Waals surface area contributed by atoms with Gasteiger partial charge in [-0.25, -0.2) is 0 Å². The largest absolute Gasteiger partial charge is 0.462 e. The van der Waals surface area contributed by atoms with Crippen LogP contribution in [0.3, 0.4) is 0 Å². The molecule has 0 aromatic heterocycles. The first-order valence-electron chi connectivity index (χ1n) is 5.91. The van der Waals surface area contributed by atoms with Crippen molar-refractivity contribution >= 4 is 5.97 Å². The van der Waals surface area contributed by atoms with Crippen LogP contribution >= 0.6 is 0 Å². The Morgan fingerprint density at radius 3 is 2.79 bits per heavy atom. The monoisotopic (exact) mass is 194 g/mol. The summed E-state index contributed by atoms with van der Waals surface area (Å²) in [6.07, 6.45) is 6.95. The highest BCUT2D eigenvalue weighted by atomic mass is 16.5. The molecule has 0 heterocycles. The molecule has 2 nitrogen and oxygen atoms in total. The molecule has 0 unspecified atom stereocenters. The van der Waals surface area contributed by atoms with E-state index >= 15 is 0 Å². The van der Waals surface area contributed by atoms with Crippen LogP contribution in [0.25, 0.3) is 0 Å². The molecular formula is C12H18O2. The molecule has 3 aliphatic carbocycles. The van der Waals surface area contributed by atoms with Crippen molar-refractivity contribution in [3.63, 3.8) is 0 Å². The predicted molar refractivity (Wildman–Crippen MR) is 52.6 cm³/mol. The highest BCUT2D eigenvalue weighted by Crippen LogP contribution is 2.57. The Balaban J connectivity index is 1.78. The van der Waals surface area contributed by atoms with Gasteiger partial charge in [0.05, 0.1) is 0 Å². The molecule has 0 amide bonds. The number of hydrogen-bond donors (Lipinski definition) is 0. The van der Waals surface area contributed by atoms with Crippen molar-refractivity contribution < 1.29 is 9.53 Å². The van der Waals surface area contributed by atoms with Crippen molar-refractivity contribution in [2.75, 3.05) is 0 Å². The van der Waals surface area contributed by atoms with Crippen LogP contribution < -0.4 is 0 Å². The van der Waals surface area contributed by atoms with E-state index in [2.05, 4.69) is 0 Å². The summed E-state index contributed by atoms with van der Waals surface area (Å²) >= 11 is 0. The number of hydrogen-bond acceptors (Lipinski definition) is 2. The molecule has 0 aromatic carbocycles. The van der Waals surface area contributed by atoms with E-state index < -0.39 is 0 Å². The zero-order valence-electron chi connectivity index (χ0n) is 8.74. The van der Waals surface area contributed by atoms with Gasteiger partial charge in [-0.2, -0.15) is 0 Å². The van der Waals surface area contributed by atoms with Crippen LogP contribution in [-0.4, -0.2) is 12.1 Å². The van der Waals surface area contributed by atoms with Gasteiger partial charge in [0.15, 0.2) is 0 Å². The fourth-order valence-electron chi connectivity index (χ4n) is 4.26. The molecule has 0 spiro atoms. The Kier molecular flexibility index (Phi) is 1.86. The lowest BCUT2D eigenvalue weighted by molar-refractivity contribution is -0.152. The summed E-state index contributed by atoms with van der Waals surface area (Å²) in [4.78, 5) is 11.0. The lowest BCUT2D eigenvalue weighted by Crippen LogP contribution is -2.33. The summed E-state index contributed by atoms with van der Waals surface area (Å²) in [6, 6.07) is 0. The molecule has 0 aromatic rings. The standard InChI is InChI=1S/C12H18O2/c1-7(13)14-12-6-8-4-9-2-3-10(12)11(9)5-8/h8-12H,2-6H2,1H3/t8-,9+,10+,11-,12-/m1/s1. The van der Waals surface area contributed by atoms with Crippen LogP contribution in [-0.2, 0) is 9.53 Å². The Bertz CT molecular complexity index is 259.